The van der Waals surface area contributed by atoms with Crippen molar-refractivity contribution < 1.29 is 56.8 Å². The lowest BCUT2D eigenvalue weighted by Crippen LogP contribution is -2.60. The molecule has 12 nitrogen and oxygen atoms in total. The largest absolute Gasteiger partial charge is 0.462 e. The van der Waals surface area contributed by atoms with Crippen molar-refractivity contribution in [3.8, 4) is 0 Å². The summed E-state index contributed by atoms with van der Waals surface area (Å²) in [5.74, 6) is -2.06. The average molecular weight is 843 g/mol. The van der Waals surface area contributed by atoms with Gasteiger partial charge in [0.15, 0.2) is 12.4 Å². The summed E-state index contributed by atoms with van der Waals surface area (Å²) in [6.45, 7) is 3.67. The van der Waals surface area contributed by atoms with Crippen LogP contribution in [0.25, 0.3) is 0 Å². The summed E-state index contributed by atoms with van der Waals surface area (Å²) in [6.07, 6.45) is 31.6. The predicted molar refractivity (Wildman–Crippen MR) is 229 cm³/mol. The third-order valence-electron chi connectivity index (χ3n) is 9.88. The van der Waals surface area contributed by atoms with Crippen LogP contribution in [0, 0.1) is 0 Å². The Hall–Kier alpha value is -2.39. The SMILES string of the molecule is CCCCC/C=C/C/C=C/C/C=C/CCCCC(=O)O[C@H](COC(=O)CCCCC/C=C/CCCCCCCCCC)CO[C@H]1O[C@H](CS(=O)(=O)O)[C@@H](O)C(O)C1O. The summed E-state index contributed by atoms with van der Waals surface area (Å²) >= 11 is 0. The number of allylic oxidation sites excluding steroid dienone is 8. The second-order valence-corrected chi connectivity index (χ2v) is 16.9. The van der Waals surface area contributed by atoms with Crippen molar-refractivity contribution in [1.82, 2.24) is 0 Å². The molecule has 2 unspecified atom stereocenters. The normalized spacial score (nSPS) is 20.8. The Labute approximate surface area is 350 Å². The topological polar surface area (TPSA) is 186 Å². The number of unbranched alkanes of at least 4 members (excludes halogenated alkanes) is 16. The first-order valence-electron chi connectivity index (χ1n) is 22.2. The molecule has 0 amide bonds. The fourth-order valence-corrected chi connectivity index (χ4v) is 7.07. The van der Waals surface area contributed by atoms with Gasteiger partial charge in [-0.1, -0.05) is 127 Å². The second-order valence-electron chi connectivity index (χ2n) is 15.4. The molecule has 336 valence electrons. The van der Waals surface area contributed by atoms with Gasteiger partial charge in [-0.3, -0.25) is 14.1 Å². The fraction of sp³-hybridized carbons (Fsp3) is 0.778. The van der Waals surface area contributed by atoms with Crippen LogP contribution >= 0.6 is 0 Å². The maximum Gasteiger partial charge on any atom is 0.306 e. The molecule has 0 radical (unpaired) electrons. The standard InChI is InChI=1S/C45H78O12S/c1-3-5-7-9-11-13-15-17-19-21-23-25-27-29-31-33-40(46)54-35-38(36-55-45-44(50)43(49)42(48)39(57-45)37-58(51,52)53)56-41(47)34-32-30-28-26-24-22-20-18-16-14-12-10-8-6-4-2/h12,14,18,20-21,23-24,26,38-39,42-45,48-50H,3-11,13,15-17,19,22,25,27-37H2,1-2H3,(H,51,52,53)/b14-12+,20-18+,23-21+,26-24+/t38-,39-,42-,43?,44?,45+/m1/s1. The van der Waals surface area contributed by atoms with E-state index in [1.807, 2.05) is 0 Å². The van der Waals surface area contributed by atoms with Gasteiger partial charge in [-0.15, -0.1) is 0 Å². The average Bonchev–Trinajstić information content (AvgIpc) is 3.18. The molecule has 0 bridgehead atoms. The molecule has 0 aromatic carbocycles. The third kappa shape index (κ3) is 29.8. The number of esters is 2. The van der Waals surface area contributed by atoms with Gasteiger partial charge in [0.25, 0.3) is 10.1 Å². The van der Waals surface area contributed by atoms with Gasteiger partial charge in [-0.05, 0) is 77.0 Å². The van der Waals surface area contributed by atoms with Crippen molar-refractivity contribution >= 4 is 22.1 Å². The van der Waals surface area contributed by atoms with Gasteiger partial charge in [0.1, 0.15) is 36.8 Å². The molecule has 1 rings (SSSR count). The molecule has 4 N–H and O–H groups in total. The first-order valence-corrected chi connectivity index (χ1v) is 23.8. The van der Waals surface area contributed by atoms with Gasteiger partial charge in [-0.2, -0.15) is 8.42 Å². The number of carbonyl (C=O) groups is 2. The minimum absolute atomic E-state index is 0.111. The number of ether oxygens (including phenoxy) is 4. The van der Waals surface area contributed by atoms with Crippen molar-refractivity contribution in [3.05, 3.63) is 48.6 Å². The minimum atomic E-state index is -4.61. The van der Waals surface area contributed by atoms with Crippen LogP contribution in [0.1, 0.15) is 168 Å². The lowest BCUT2D eigenvalue weighted by atomic mass is 10.00. The maximum atomic E-state index is 12.8. The number of hydrogen-bond acceptors (Lipinski definition) is 11. The van der Waals surface area contributed by atoms with Crippen LogP contribution in [-0.2, 0) is 38.7 Å². The Bertz CT molecular complexity index is 1260. The highest BCUT2D eigenvalue weighted by atomic mass is 32.2. The van der Waals surface area contributed by atoms with E-state index in [9.17, 15) is 37.9 Å². The van der Waals surface area contributed by atoms with Crippen LogP contribution in [0.15, 0.2) is 48.6 Å². The first kappa shape index (κ1) is 53.6. The molecular formula is C45H78O12S. The number of carbonyl (C=O) groups excluding carboxylic acids is 2. The van der Waals surface area contributed by atoms with Gasteiger partial charge in [0.05, 0.1) is 6.61 Å². The smallest absolute Gasteiger partial charge is 0.306 e. The van der Waals surface area contributed by atoms with Crippen molar-refractivity contribution in [2.24, 2.45) is 0 Å². The first-order chi connectivity index (χ1) is 28.0. The highest BCUT2D eigenvalue weighted by Crippen LogP contribution is 2.24. The molecule has 0 aromatic heterocycles. The van der Waals surface area contributed by atoms with E-state index in [4.69, 9.17) is 18.9 Å². The van der Waals surface area contributed by atoms with Crippen molar-refractivity contribution in [2.75, 3.05) is 19.0 Å². The zero-order valence-electron chi connectivity index (χ0n) is 35.6. The lowest BCUT2D eigenvalue weighted by molar-refractivity contribution is -0.297. The Kier molecular flexibility index (Phi) is 32.7. The highest BCUT2D eigenvalue weighted by Gasteiger charge is 2.46. The van der Waals surface area contributed by atoms with E-state index in [1.54, 1.807) is 0 Å². The van der Waals surface area contributed by atoms with Crippen molar-refractivity contribution in [1.29, 1.82) is 0 Å². The molecule has 58 heavy (non-hydrogen) atoms. The van der Waals surface area contributed by atoms with E-state index < -0.39 is 71.2 Å². The van der Waals surface area contributed by atoms with Gasteiger partial charge in [0, 0.05) is 12.8 Å². The maximum absolute atomic E-state index is 12.8. The van der Waals surface area contributed by atoms with Crippen LogP contribution in [0.5, 0.6) is 0 Å². The van der Waals surface area contributed by atoms with Gasteiger partial charge in [0.2, 0.25) is 0 Å². The molecule has 0 spiro atoms. The molecule has 1 fully saturated rings. The summed E-state index contributed by atoms with van der Waals surface area (Å²) < 4.78 is 53.9. The molecule has 0 aliphatic carbocycles. The molecular weight excluding hydrogens is 765 g/mol. The molecule has 1 heterocycles. The Morgan fingerprint density at radius 3 is 1.62 bits per heavy atom. The van der Waals surface area contributed by atoms with Gasteiger partial charge >= 0.3 is 11.9 Å². The van der Waals surface area contributed by atoms with E-state index in [-0.39, 0.29) is 19.4 Å². The summed E-state index contributed by atoms with van der Waals surface area (Å²) in [6, 6.07) is 0. The molecule has 1 aliphatic rings. The van der Waals surface area contributed by atoms with Crippen LogP contribution in [0.3, 0.4) is 0 Å². The van der Waals surface area contributed by atoms with Crippen LogP contribution in [0.4, 0.5) is 0 Å². The molecule has 1 saturated heterocycles. The van der Waals surface area contributed by atoms with E-state index in [0.717, 1.165) is 57.8 Å². The number of aliphatic hydroxyl groups is 3. The van der Waals surface area contributed by atoms with Crippen molar-refractivity contribution in [2.45, 2.75) is 205 Å². The molecule has 0 saturated carbocycles. The summed E-state index contributed by atoms with van der Waals surface area (Å²) in [4.78, 5) is 25.3. The van der Waals surface area contributed by atoms with Crippen molar-refractivity contribution in [3.63, 3.8) is 0 Å². The molecule has 13 heteroatoms. The summed E-state index contributed by atoms with van der Waals surface area (Å²) in [5, 5.41) is 30.8. The quantitative estimate of drug-likeness (QED) is 0.0204. The van der Waals surface area contributed by atoms with Gasteiger partial charge < -0.3 is 34.3 Å². The van der Waals surface area contributed by atoms with E-state index in [2.05, 4.69) is 62.5 Å². The molecule has 6 atom stereocenters. The monoisotopic (exact) mass is 843 g/mol. The number of hydrogen-bond donors (Lipinski definition) is 4. The summed E-state index contributed by atoms with van der Waals surface area (Å²) in [5.41, 5.74) is 0. The Balaban J connectivity index is 2.51. The zero-order valence-corrected chi connectivity index (χ0v) is 36.5. The fourth-order valence-electron chi connectivity index (χ4n) is 6.38. The van der Waals surface area contributed by atoms with Crippen LogP contribution in [0.2, 0.25) is 0 Å². The van der Waals surface area contributed by atoms with E-state index >= 15 is 0 Å². The van der Waals surface area contributed by atoms with Gasteiger partial charge in [-0.25, -0.2) is 0 Å². The van der Waals surface area contributed by atoms with Crippen LogP contribution < -0.4 is 0 Å². The second kappa shape index (κ2) is 35.4. The molecule has 0 aromatic rings. The Morgan fingerprint density at radius 1 is 0.586 bits per heavy atom. The predicted octanol–water partition coefficient (Wildman–Crippen LogP) is 8.78. The number of aliphatic hydroxyl groups excluding tert-OH is 3. The number of rotatable bonds is 36. The molecule has 1 aliphatic heterocycles. The highest BCUT2D eigenvalue weighted by molar-refractivity contribution is 7.85. The summed E-state index contributed by atoms with van der Waals surface area (Å²) in [7, 11) is -4.61. The third-order valence-corrected chi connectivity index (χ3v) is 10.6. The lowest BCUT2D eigenvalue weighted by Gasteiger charge is -2.40. The van der Waals surface area contributed by atoms with E-state index in [1.165, 1.54) is 70.6 Å². The van der Waals surface area contributed by atoms with E-state index in [0.29, 0.717) is 12.8 Å². The Morgan fingerprint density at radius 2 is 1.03 bits per heavy atom. The minimum Gasteiger partial charge on any atom is -0.462 e. The zero-order chi connectivity index (χ0) is 42.7. The van der Waals surface area contributed by atoms with Crippen LogP contribution in [-0.4, -0.2) is 96.0 Å².